The Morgan fingerprint density at radius 3 is 2.74 bits per heavy atom. The third kappa shape index (κ3) is 2.68. The molecule has 2 fully saturated rings. The van der Waals surface area contributed by atoms with Crippen molar-refractivity contribution < 1.29 is 10.0 Å². The van der Waals surface area contributed by atoms with Gasteiger partial charge >= 0.3 is 0 Å². The van der Waals surface area contributed by atoms with Crippen LogP contribution >= 0.6 is 0 Å². The monoisotopic (exact) mass is 268 g/mol. The predicted octanol–water partition coefficient (Wildman–Crippen LogP) is 0.454. The second-order valence-corrected chi connectivity index (χ2v) is 5.61. The van der Waals surface area contributed by atoms with Crippen LogP contribution in [0.4, 0.5) is 0 Å². The van der Waals surface area contributed by atoms with Gasteiger partial charge in [-0.25, -0.2) is 0 Å². The highest BCUT2D eigenvalue weighted by Crippen LogP contribution is 2.29. The van der Waals surface area contributed by atoms with Gasteiger partial charge in [-0.1, -0.05) is 12.1 Å². The number of carbonyl (C=O) groups excluding carboxylic acids is 1. The number of carbonyl (C=O) groups is 1. The summed E-state index contributed by atoms with van der Waals surface area (Å²) in [5.74, 6) is -0.471. The average Bonchev–Trinajstić information content (AvgIpc) is 2.63. The van der Waals surface area contributed by atoms with Crippen molar-refractivity contribution in [1.82, 2.24) is 9.80 Å². The van der Waals surface area contributed by atoms with Crippen LogP contribution in [0.1, 0.15) is 32.6 Å². The lowest BCUT2D eigenvalue weighted by Crippen LogP contribution is -2.45. The Kier molecular flexibility index (Phi) is 4.29. The molecule has 3 N–H and O–H groups in total. The van der Waals surface area contributed by atoms with E-state index in [-0.39, 0.29) is 11.7 Å². The van der Waals surface area contributed by atoms with Gasteiger partial charge in [0.15, 0.2) is 5.84 Å². The van der Waals surface area contributed by atoms with Gasteiger partial charge in [-0.3, -0.25) is 9.69 Å². The number of fused-ring (bicyclic) bond motifs is 2. The number of rotatable bonds is 3. The van der Waals surface area contributed by atoms with Crippen LogP contribution in [0.15, 0.2) is 5.16 Å². The fraction of sp³-hybridized carbons (Fsp3) is 0.846. The van der Waals surface area contributed by atoms with Gasteiger partial charge in [-0.05, 0) is 32.7 Å². The molecule has 2 aliphatic rings. The zero-order valence-electron chi connectivity index (χ0n) is 11.7. The number of hydrogen-bond donors (Lipinski definition) is 2. The summed E-state index contributed by atoms with van der Waals surface area (Å²) in [6.45, 7) is 3.43. The first-order chi connectivity index (χ1) is 9.08. The Balaban J connectivity index is 2.07. The van der Waals surface area contributed by atoms with E-state index < -0.39 is 5.92 Å². The third-order valence-corrected chi connectivity index (χ3v) is 4.64. The molecule has 19 heavy (non-hydrogen) atoms. The molecule has 0 aromatic carbocycles. The molecule has 2 saturated heterocycles. The van der Waals surface area contributed by atoms with Crippen molar-refractivity contribution in [3.63, 3.8) is 0 Å². The Labute approximate surface area is 114 Å². The van der Waals surface area contributed by atoms with Crippen molar-refractivity contribution in [1.29, 1.82) is 0 Å². The van der Waals surface area contributed by atoms with Gasteiger partial charge in [0.1, 0.15) is 0 Å². The molecule has 0 spiro atoms. The summed E-state index contributed by atoms with van der Waals surface area (Å²) in [7, 11) is 2.15. The quantitative estimate of drug-likeness (QED) is 0.337. The Morgan fingerprint density at radius 2 is 2.11 bits per heavy atom. The number of nitrogens with two attached hydrogens (primary N) is 1. The summed E-state index contributed by atoms with van der Waals surface area (Å²) in [4.78, 5) is 16.8. The molecular formula is C13H24N4O2. The predicted molar refractivity (Wildman–Crippen MR) is 73.0 cm³/mol. The normalized spacial score (nSPS) is 30.2. The standard InChI is InChI=1S/C13H24N4O2/c1-3-11(12(14)15-19)13(18)17-7-6-9-4-5-10(8-17)16(9)2/h9-11,19H,3-8H2,1-2H3,(H2,14,15). The van der Waals surface area contributed by atoms with Crippen LogP contribution in [0.25, 0.3) is 0 Å². The molecule has 6 heteroatoms. The number of amides is 1. The molecular weight excluding hydrogens is 244 g/mol. The van der Waals surface area contributed by atoms with Crippen LogP contribution in [0.3, 0.4) is 0 Å². The second-order valence-electron chi connectivity index (χ2n) is 5.61. The first kappa shape index (κ1) is 14.1. The topological polar surface area (TPSA) is 82.2 Å². The number of amidine groups is 1. The molecule has 0 radical (unpaired) electrons. The lowest BCUT2D eigenvalue weighted by Gasteiger charge is -2.28. The molecule has 1 amide bonds. The maximum absolute atomic E-state index is 12.5. The van der Waals surface area contributed by atoms with Crippen LogP contribution in [0.5, 0.6) is 0 Å². The highest BCUT2D eigenvalue weighted by molar-refractivity contribution is 6.02. The Morgan fingerprint density at radius 1 is 1.42 bits per heavy atom. The Hall–Kier alpha value is -1.30. The first-order valence-electron chi connectivity index (χ1n) is 7.06. The summed E-state index contributed by atoms with van der Waals surface area (Å²) in [6.07, 6.45) is 3.98. The third-order valence-electron chi connectivity index (χ3n) is 4.64. The van der Waals surface area contributed by atoms with Crippen LogP contribution in [-0.2, 0) is 4.79 Å². The van der Waals surface area contributed by atoms with Crippen molar-refractivity contribution >= 4 is 11.7 Å². The largest absolute Gasteiger partial charge is 0.409 e. The van der Waals surface area contributed by atoms with Gasteiger partial charge < -0.3 is 15.8 Å². The zero-order valence-corrected chi connectivity index (χ0v) is 11.7. The second kappa shape index (κ2) is 5.77. The highest BCUT2D eigenvalue weighted by atomic mass is 16.4. The maximum atomic E-state index is 12.5. The van der Waals surface area contributed by atoms with E-state index in [1.54, 1.807) is 0 Å². The lowest BCUT2D eigenvalue weighted by molar-refractivity contribution is -0.133. The van der Waals surface area contributed by atoms with E-state index in [4.69, 9.17) is 10.9 Å². The van der Waals surface area contributed by atoms with E-state index in [9.17, 15) is 4.79 Å². The molecule has 3 atom stereocenters. The highest BCUT2D eigenvalue weighted by Gasteiger charge is 2.37. The van der Waals surface area contributed by atoms with Gasteiger partial charge in [0, 0.05) is 25.2 Å². The van der Waals surface area contributed by atoms with Gasteiger partial charge in [0.25, 0.3) is 0 Å². The molecule has 108 valence electrons. The summed E-state index contributed by atoms with van der Waals surface area (Å²) < 4.78 is 0. The summed E-state index contributed by atoms with van der Waals surface area (Å²) in [5.41, 5.74) is 5.62. The number of likely N-dealkylation sites (N-methyl/N-ethyl adjacent to an activating group) is 1. The molecule has 0 aromatic heterocycles. The fourth-order valence-corrected chi connectivity index (χ4v) is 3.31. The minimum Gasteiger partial charge on any atom is -0.409 e. The molecule has 2 heterocycles. The molecule has 6 nitrogen and oxygen atoms in total. The lowest BCUT2D eigenvalue weighted by atomic mass is 10.0. The van der Waals surface area contributed by atoms with Gasteiger partial charge in [0.2, 0.25) is 5.91 Å². The average molecular weight is 268 g/mol. The van der Waals surface area contributed by atoms with Gasteiger partial charge in [-0.2, -0.15) is 0 Å². The molecule has 2 bridgehead atoms. The van der Waals surface area contributed by atoms with E-state index in [1.165, 1.54) is 6.42 Å². The first-order valence-corrected chi connectivity index (χ1v) is 7.06. The van der Waals surface area contributed by atoms with E-state index in [0.29, 0.717) is 18.5 Å². The molecule has 0 aliphatic carbocycles. The van der Waals surface area contributed by atoms with Gasteiger partial charge in [0.05, 0.1) is 5.92 Å². The van der Waals surface area contributed by atoms with Crippen molar-refractivity contribution in [2.45, 2.75) is 44.7 Å². The Bertz CT molecular complexity index is 372. The summed E-state index contributed by atoms with van der Waals surface area (Å²) in [6, 6.07) is 1.06. The van der Waals surface area contributed by atoms with E-state index in [1.807, 2.05) is 11.8 Å². The molecule has 0 saturated carbocycles. The molecule has 0 aromatic rings. The molecule has 3 unspecified atom stereocenters. The smallest absolute Gasteiger partial charge is 0.233 e. The number of oxime groups is 1. The van der Waals surface area contributed by atoms with E-state index in [2.05, 4.69) is 17.1 Å². The fourth-order valence-electron chi connectivity index (χ4n) is 3.31. The molecule has 2 aliphatic heterocycles. The number of likely N-dealkylation sites (tertiary alicyclic amines) is 1. The summed E-state index contributed by atoms with van der Waals surface area (Å²) >= 11 is 0. The number of hydrogen-bond acceptors (Lipinski definition) is 4. The van der Waals surface area contributed by atoms with Crippen LogP contribution in [0, 0.1) is 5.92 Å². The van der Waals surface area contributed by atoms with Crippen molar-refractivity contribution in [3.8, 4) is 0 Å². The van der Waals surface area contributed by atoms with Crippen LogP contribution in [0.2, 0.25) is 0 Å². The van der Waals surface area contributed by atoms with E-state index in [0.717, 1.165) is 25.9 Å². The van der Waals surface area contributed by atoms with Crippen molar-refractivity contribution in [2.75, 3.05) is 20.1 Å². The van der Waals surface area contributed by atoms with Crippen LogP contribution in [-0.4, -0.2) is 59.0 Å². The summed E-state index contributed by atoms with van der Waals surface area (Å²) in [5, 5.41) is 11.8. The van der Waals surface area contributed by atoms with Crippen molar-refractivity contribution in [2.24, 2.45) is 16.8 Å². The zero-order chi connectivity index (χ0) is 14.0. The number of nitrogens with zero attached hydrogens (tertiary/aromatic N) is 3. The maximum Gasteiger partial charge on any atom is 0.233 e. The minimum atomic E-state index is -0.494. The van der Waals surface area contributed by atoms with E-state index >= 15 is 0 Å². The van der Waals surface area contributed by atoms with Crippen LogP contribution < -0.4 is 5.73 Å². The SMILES string of the molecule is CCC(C(=O)N1CCC2CCC(C1)N2C)C(N)=NO. The van der Waals surface area contributed by atoms with Crippen molar-refractivity contribution in [3.05, 3.63) is 0 Å². The molecule has 2 rings (SSSR count). The minimum absolute atomic E-state index is 0.00116. The van der Waals surface area contributed by atoms with Gasteiger partial charge in [-0.15, -0.1) is 0 Å².